The summed E-state index contributed by atoms with van der Waals surface area (Å²) < 4.78 is 0. The third-order valence-electron chi connectivity index (χ3n) is 1.93. The molecule has 6 nitrogen and oxygen atoms in total. The van der Waals surface area contributed by atoms with Gasteiger partial charge in [0.05, 0.1) is 11.0 Å². The number of urea groups is 1. The Balaban J connectivity index is 2.45. The smallest absolute Gasteiger partial charge is 0.324 e. The maximum absolute atomic E-state index is 11.6. The van der Waals surface area contributed by atoms with Crippen LogP contribution in [0.2, 0.25) is 0 Å². The molecule has 1 saturated heterocycles. The van der Waals surface area contributed by atoms with E-state index in [1.54, 1.807) is 6.92 Å². The highest BCUT2D eigenvalue weighted by Crippen LogP contribution is 2.14. The minimum atomic E-state index is -0.967. The van der Waals surface area contributed by atoms with E-state index < -0.39 is 17.3 Å². The molecule has 1 heterocycles. The van der Waals surface area contributed by atoms with Crippen molar-refractivity contribution in [3.8, 4) is 0 Å². The third kappa shape index (κ3) is 3.12. The van der Waals surface area contributed by atoms with Crippen LogP contribution in [0.4, 0.5) is 4.79 Å². The lowest BCUT2D eigenvalue weighted by Crippen LogP contribution is -2.39. The second-order valence-corrected chi connectivity index (χ2v) is 4.40. The molecule has 3 amide bonds. The zero-order valence-electron chi connectivity index (χ0n) is 8.23. The van der Waals surface area contributed by atoms with Crippen LogP contribution in [0.25, 0.3) is 0 Å². The van der Waals surface area contributed by atoms with Crippen molar-refractivity contribution in [2.75, 3.05) is 18.8 Å². The lowest BCUT2D eigenvalue weighted by Gasteiger charge is -2.16. The van der Waals surface area contributed by atoms with E-state index in [1.165, 1.54) is 0 Å². The number of nitrogens with zero attached hydrogens (tertiary/aromatic N) is 1. The number of carboxylic acids is 1. The quantitative estimate of drug-likeness (QED) is 0.697. The van der Waals surface area contributed by atoms with E-state index in [9.17, 15) is 14.4 Å². The molecule has 0 spiro atoms. The number of hydrogen-bond donors (Lipinski definition) is 2. The number of rotatable bonds is 4. The molecule has 0 radical (unpaired) electrons. The third-order valence-corrected chi connectivity index (χ3v) is 3.04. The summed E-state index contributed by atoms with van der Waals surface area (Å²) >= 11 is 1.01. The molecule has 1 fully saturated rings. The van der Waals surface area contributed by atoms with Gasteiger partial charge in [0.1, 0.15) is 0 Å². The predicted molar refractivity (Wildman–Crippen MR) is 54.7 cm³/mol. The SMILES string of the molecule is C[C@H](SCC(=O)O)C(=O)N1CCNC1=O. The lowest BCUT2D eigenvalue weighted by atomic mass is 10.4. The molecule has 2 N–H and O–H groups in total. The van der Waals surface area contributed by atoms with Gasteiger partial charge in [-0.25, -0.2) is 4.79 Å². The number of thioether (sulfide) groups is 1. The standard InChI is InChI=1S/C8H12N2O4S/c1-5(15-4-6(11)12)7(13)10-3-2-9-8(10)14/h5H,2-4H2,1H3,(H,9,14)(H,11,12)/t5-/m0/s1. The molecule has 0 aromatic rings. The molecule has 0 aromatic heterocycles. The number of carbonyl (C=O) groups excluding carboxylic acids is 2. The number of hydrogen-bond acceptors (Lipinski definition) is 4. The first-order chi connectivity index (χ1) is 7.02. The highest BCUT2D eigenvalue weighted by molar-refractivity contribution is 8.01. The molecule has 15 heavy (non-hydrogen) atoms. The van der Waals surface area contributed by atoms with E-state index >= 15 is 0 Å². The molecule has 0 saturated carbocycles. The van der Waals surface area contributed by atoms with Gasteiger partial charge < -0.3 is 10.4 Å². The van der Waals surface area contributed by atoms with Gasteiger partial charge in [0, 0.05) is 13.1 Å². The van der Waals surface area contributed by atoms with Gasteiger partial charge in [0.25, 0.3) is 0 Å². The van der Waals surface area contributed by atoms with Gasteiger partial charge >= 0.3 is 12.0 Å². The summed E-state index contributed by atoms with van der Waals surface area (Å²) in [5.74, 6) is -1.44. The summed E-state index contributed by atoms with van der Waals surface area (Å²) in [6.45, 7) is 2.41. The fourth-order valence-corrected chi connectivity index (χ4v) is 1.83. The van der Waals surface area contributed by atoms with Crippen LogP contribution < -0.4 is 5.32 Å². The number of aliphatic carboxylic acids is 1. The maximum atomic E-state index is 11.6. The van der Waals surface area contributed by atoms with Crippen LogP contribution in [0.5, 0.6) is 0 Å². The average Bonchev–Trinajstić information content (AvgIpc) is 2.59. The molecule has 0 unspecified atom stereocenters. The summed E-state index contributed by atoms with van der Waals surface area (Å²) in [6, 6.07) is -0.400. The van der Waals surface area contributed by atoms with Crippen molar-refractivity contribution in [3.63, 3.8) is 0 Å². The molecule has 7 heteroatoms. The predicted octanol–water partition coefficient (Wildman–Crippen LogP) is -0.255. The Bertz CT molecular complexity index is 294. The van der Waals surface area contributed by atoms with Crippen LogP contribution in [-0.2, 0) is 9.59 Å². The maximum Gasteiger partial charge on any atom is 0.324 e. The van der Waals surface area contributed by atoms with Crippen molar-refractivity contribution in [2.24, 2.45) is 0 Å². The summed E-state index contributed by atoms with van der Waals surface area (Å²) in [7, 11) is 0. The Labute approximate surface area is 91.0 Å². The number of nitrogens with one attached hydrogen (secondary N) is 1. The summed E-state index contributed by atoms with van der Waals surface area (Å²) in [6.07, 6.45) is 0. The number of carbonyl (C=O) groups is 3. The average molecular weight is 232 g/mol. The second-order valence-electron chi connectivity index (χ2n) is 3.07. The largest absolute Gasteiger partial charge is 0.481 e. The minimum Gasteiger partial charge on any atom is -0.481 e. The van der Waals surface area contributed by atoms with Crippen molar-refractivity contribution in [1.82, 2.24) is 10.2 Å². The van der Waals surface area contributed by atoms with Gasteiger partial charge in [-0.3, -0.25) is 14.5 Å². The van der Waals surface area contributed by atoms with Gasteiger partial charge in [-0.1, -0.05) is 0 Å². The first-order valence-corrected chi connectivity index (χ1v) is 5.50. The van der Waals surface area contributed by atoms with Crippen molar-refractivity contribution in [3.05, 3.63) is 0 Å². The van der Waals surface area contributed by atoms with Crippen LogP contribution in [-0.4, -0.2) is 52.0 Å². The molecule has 1 aliphatic heterocycles. The number of imide groups is 1. The molecule has 0 aliphatic carbocycles. The van der Waals surface area contributed by atoms with Gasteiger partial charge in [-0.15, -0.1) is 11.8 Å². The van der Waals surface area contributed by atoms with Crippen molar-refractivity contribution in [2.45, 2.75) is 12.2 Å². The zero-order chi connectivity index (χ0) is 11.4. The summed E-state index contributed by atoms with van der Waals surface area (Å²) in [5, 5.41) is 10.4. The Hall–Kier alpha value is -1.24. The van der Waals surface area contributed by atoms with Crippen molar-refractivity contribution in [1.29, 1.82) is 0 Å². The first-order valence-electron chi connectivity index (χ1n) is 4.45. The van der Waals surface area contributed by atoms with Crippen molar-refractivity contribution < 1.29 is 19.5 Å². The molecular formula is C8H12N2O4S. The molecular weight excluding hydrogens is 220 g/mol. The first kappa shape index (κ1) is 11.8. The Morgan fingerprint density at radius 2 is 2.33 bits per heavy atom. The molecule has 0 aromatic carbocycles. The van der Waals surface area contributed by atoms with Crippen LogP contribution in [0, 0.1) is 0 Å². The van der Waals surface area contributed by atoms with Crippen LogP contribution in [0.3, 0.4) is 0 Å². The summed E-state index contributed by atoms with van der Waals surface area (Å²) in [4.78, 5) is 34.1. The zero-order valence-corrected chi connectivity index (χ0v) is 9.04. The van der Waals surface area contributed by atoms with Crippen LogP contribution >= 0.6 is 11.8 Å². The topological polar surface area (TPSA) is 86.7 Å². The van der Waals surface area contributed by atoms with E-state index in [-0.39, 0.29) is 11.7 Å². The Morgan fingerprint density at radius 1 is 1.67 bits per heavy atom. The van der Waals surface area contributed by atoms with Gasteiger partial charge in [-0.2, -0.15) is 0 Å². The monoisotopic (exact) mass is 232 g/mol. The molecule has 1 atom stereocenters. The number of carboxylic acid groups (broad SMARTS) is 1. The van der Waals surface area contributed by atoms with Gasteiger partial charge in [0.2, 0.25) is 5.91 Å². The van der Waals surface area contributed by atoms with E-state index in [0.717, 1.165) is 16.7 Å². The van der Waals surface area contributed by atoms with Crippen LogP contribution in [0.15, 0.2) is 0 Å². The fourth-order valence-electron chi connectivity index (χ4n) is 1.17. The molecule has 84 valence electrons. The second kappa shape index (κ2) is 5.01. The van der Waals surface area contributed by atoms with Crippen molar-refractivity contribution >= 4 is 29.7 Å². The fraction of sp³-hybridized carbons (Fsp3) is 0.625. The number of amides is 3. The van der Waals surface area contributed by atoms with Gasteiger partial charge in [0.15, 0.2) is 0 Å². The van der Waals surface area contributed by atoms with Gasteiger partial charge in [-0.05, 0) is 6.92 Å². The highest BCUT2D eigenvalue weighted by atomic mass is 32.2. The lowest BCUT2D eigenvalue weighted by molar-refractivity contribution is -0.133. The molecule has 0 bridgehead atoms. The highest BCUT2D eigenvalue weighted by Gasteiger charge is 2.29. The minimum absolute atomic E-state index is 0.137. The molecule has 1 aliphatic rings. The van der Waals surface area contributed by atoms with E-state index in [1.807, 2.05) is 0 Å². The Kier molecular flexibility index (Phi) is 3.96. The Morgan fingerprint density at radius 3 is 2.80 bits per heavy atom. The van der Waals surface area contributed by atoms with E-state index in [0.29, 0.717) is 13.1 Å². The van der Waals surface area contributed by atoms with Crippen LogP contribution in [0.1, 0.15) is 6.92 Å². The normalized spacial score (nSPS) is 17.4. The summed E-state index contributed by atoms with van der Waals surface area (Å²) in [5.41, 5.74) is 0. The molecule has 1 rings (SSSR count). The van der Waals surface area contributed by atoms with E-state index in [2.05, 4.69) is 5.32 Å². The van der Waals surface area contributed by atoms with E-state index in [4.69, 9.17) is 5.11 Å².